The second-order valence-corrected chi connectivity index (χ2v) is 8.32. The third-order valence-corrected chi connectivity index (χ3v) is 5.09. The average molecular weight is 358 g/mol. The average Bonchev–Trinajstić information content (AvgIpc) is 3.00. The maximum Gasteiger partial charge on any atom is 0.175 e. The highest BCUT2D eigenvalue weighted by Gasteiger charge is 2.16. The number of rotatable bonds is 4. The van der Waals surface area contributed by atoms with E-state index >= 15 is 0 Å². The van der Waals surface area contributed by atoms with Crippen LogP contribution in [0.2, 0.25) is 0 Å². The molecule has 1 aromatic heterocycles. The molecule has 0 aliphatic carbocycles. The highest BCUT2D eigenvalue weighted by molar-refractivity contribution is 7.90. The maximum atomic E-state index is 13.2. The molecule has 0 amide bonds. The summed E-state index contributed by atoms with van der Waals surface area (Å²) in [6, 6.07) is 12.8. The molecule has 130 valence electrons. The largest absolute Gasteiger partial charge is 0.341 e. The minimum atomic E-state index is -3.25. The van der Waals surface area contributed by atoms with Crippen LogP contribution in [0, 0.1) is 5.82 Å². The Morgan fingerprint density at radius 2 is 1.52 bits per heavy atom. The van der Waals surface area contributed by atoms with Gasteiger partial charge in [-0.1, -0.05) is 26.0 Å². The van der Waals surface area contributed by atoms with Crippen molar-refractivity contribution < 1.29 is 12.8 Å². The number of sulfone groups is 1. The maximum absolute atomic E-state index is 13.2. The van der Waals surface area contributed by atoms with Gasteiger partial charge in [0.15, 0.2) is 9.84 Å². The third kappa shape index (κ3) is 3.64. The van der Waals surface area contributed by atoms with Crippen LogP contribution in [0.1, 0.15) is 25.6 Å². The van der Waals surface area contributed by atoms with Gasteiger partial charge in [0.1, 0.15) is 11.6 Å². The molecular weight excluding hydrogens is 339 g/mol. The van der Waals surface area contributed by atoms with Crippen molar-refractivity contribution >= 4 is 9.84 Å². The summed E-state index contributed by atoms with van der Waals surface area (Å²) >= 11 is 0. The Bertz CT molecular complexity index is 989. The summed E-state index contributed by atoms with van der Waals surface area (Å²) in [5.41, 5.74) is 3.13. The van der Waals surface area contributed by atoms with E-state index in [-0.39, 0.29) is 16.6 Å². The van der Waals surface area contributed by atoms with Crippen molar-refractivity contribution in [2.75, 3.05) is 6.26 Å². The number of aromatic nitrogens is 2. The van der Waals surface area contributed by atoms with Gasteiger partial charge in [0.05, 0.1) is 16.3 Å². The van der Waals surface area contributed by atoms with Crippen LogP contribution >= 0.6 is 0 Å². The molecule has 6 heteroatoms. The number of aromatic amines is 1. The molecule has 3 aromatic rings. The van der Waals surface area contributed by atoms with E-state index < -0.39 is 9.84 Å². The summed E-state index contributed by atoms with van der Waals surface area (Å²) in [6.45, 7) is 4.06. The first-order valence-electron chi connectivity index (χ1n) is 7.92. The second kappa shape index (κ2) is 6.44. The summed E-state index contributed by atoms with van der Waals surface area (Å²) in [5.74, 6) is 0.719. The number of nitrogens with one attached hydrogen (secondary N) is 1. The Labute approximate surface area is 146 Å². The van der Waals surface area contributed by atoms with Crippen molar-refractivity contribution in [1.82, 2.24) is 9.97 Å². The fourth-order valence-corrected chi connectivity index (χ4v) is 3.19. The van der Waals surface area contributed by atoms with Crippen LogP contribution in [0.4, 0.5) is 4.39 Å². The first-order chi connectivity index (χ1) is 11.8. The van der Waals surface area contributed by atoms with Gasteiger partial charge >= 0.3 is 0 Å². The van der Waals surface area contributed by atoms with Gasteiger partial charge in [0.25, 0.3) is 0 Å². The van der Waals surface area contributed by atoms with Crippen molar-refractivity contribution in [3.8, 4) is 22.5 Å². The van der Waals surface area contributed by atoms with E-state index in [2.05, 4.69) is 9.97 Å². The van der Waals surface area contributed by atoms with Crippen molar-refractivity contribution in [1.29, 1.82) is 0 Å². The Balaban J connectivity index is 2.13. The van der Waals surface area contributed by atoms with Gasteiger partial charge in [-0.15, -0.1) is 0 Å². The molecule has 3 rings (SSSR count). The summed E-state index contributed by atoms with van der Waals surface area (Å²) in [7, 11) is -3.25. The fraction of sp³-hybridized carbons (Fsp3) is 0.211. The lowest BCUT2D eigenvalue weighted by Crippen LogP contribution is -1.96. The Morgan fingerprint density at radius 3 is 2.04 bits per heavy atom. The zero-order valence-corrected chi connectivity index (χ0v) is 15.1. The standard InChI is InChI=1S/C19H19FN2O2S/c1-12(2)19-21-17(13-4-8-15(20)9-5-13)18(22-19)14-6-10-16(11-7-14)25(3,23)24/h4-12H,1-3H3,(H,21,22). The molecule has 0 aliphatic heterocycles. The Kier molecular flexibility index (Phi) is 4.47. The first-order valence-corrected chi connectivity index (χ1v) is 9.81. The molecule has 25 heavy (non-hydrogen) atoms. The summed E-state index contributed by atoms with van der Waals surface area (Å²) in [4.78, 5) is 8.24. The van der Waals surface area contributed by atoms with Crippen LogP contribution in [0.5, 0.6) is 0 Å². The zero-order valence-electron chi connectivity index (χ0n) is 14.2. The monoisotopic (exact) mass is 358 g/mol. The van der Waals surface area contributed by atoms with Crippen LogP contribution in [-0.2, 0) is 9.84 Å². The van der Waals surface area contributed by atoms with Crippen LogP contribution in [0.15, 0.2) is 53.4 Å². The molecule has 2 aromatic carbocycles. The van der Waals surface area contributed by atoms with E-state index in [1.807, 2.05) is 13.8 Å². The van der Waals surface area contributed by atoms with Crippen molar-refractivity contribution in [3.05, 3.63) is 60.2 Å². The molecule has 1 N–H and O–H groups in total. The quantitative estimate of drug-likeness (QED) is 0.751. The number of hydrogen-bond acceptors (Lipinski definition) is 3. The fourth-order valence-electron chi connectivity index (χ4n) is 2.56. The van der Waals surface area contributed by atoms with E-state index in [1.165, 1.54) is 18.4 Å². The summed E-state index contributed by atoms with van der Waals surface area (Å²) in [6.07, 6.45) is 1.18. The highest BCUT2D eigenvalue weighted by atomic mass is 32.2. The molecule has 1 heterocycles. The first kappa shape index (κ1) is 17.4. The normalized spacial score (nSPS) is 11.9. The topological polar surface area (TPSA) is 62.8 Å². The van der Waals surface area contributed by atoms with Crippen molar-refractivity contribution in [2.45, 2.75) is 24.7 Å². The molecule has 0 aliphatic rings. The van der Waals surface area contributed by atoms with E-state index in [4.69, 9.17) is 0 Å². The van der Waals surface area contributed by atoms with E-state index in [9.17, 15) is 12.8 Å². The van der Waals surface area contributed by atoms with Crippen LogP contribution in [-0.4, -0.2) is 24.6 Å². The van der Waals surface area contributed by atoms with Crippen LogP contribution in [0.3, 0.4) is 0 Å². The SMILES string of the molecule is CC(C)c1nc(-c2ccc(S(C)(=O)=O)cc2)c(-c2ccc(F)cc2)[nH]1. The lowest BCUT2D eigenvalue weighted by molar-refractivity contribution is 0.602. The lowest BCUT2D eigenvalue weighted by Gasteiger charge is -2.04. The molecule has 0 saturated heterocycles. The van der Waals surface area contributed by atoms with E-state index in [0.29, 0.717) is 0 Å². The number of H-pyrrole nitrogens is 1. The van der Waals surface area contributed by atoms with Gasteiger partial charge in [-0.2, -0.15) is 0 Å². The Hall–Kier alpha value is -2.47. The predicted octanol–water partition coefficient (Wildman–Crippen LogP) is 4.41. The van der Waals surface area contributed by atoms with E-state index in [1.54, 1.807) is 36.4 Å². The minimum absolute atomic E-state index is 0.197. The van der Waals surface area contributed by atoms with Gasteiger partial charge in [0.2, 0.25) is 0 Å². The molecule has 4 nitrogen and oxygen atoms in total. The van der Waals surface area contributed by atoms with Gasteiger partial charge in [-0.25, -0.2) is 17.8 Å². The second-order valence-electron chi connectivity index (χ2n) is 6.30. The predicted molar refractivity (Wildman–Crippen MR) is 96.6 cm³/mol. The van der Waals surface area contributed by atoms with Crippen molar-refractivity contribution in [3.63, 3.8) is 0 Å². The minimum Gasteiger partial charge on any atom is -0.341 e. The number of hydrogen-bond donors (Lipinski definition) is 1. The molecule has 0 bridgehead atoms. The lowest BCUT2D eigenvalue weighted by atomic mass is 10.1. The van der Waals surface area contributed by atoms with E-state index in [0.717, 1.165) is 28.3 Å². The van der Waals surface area contributed by atoms with Gasteiger partial charge in [-0.05, 0) is 36.4 Å². The molecule has 0 fully saturated rings. The summed E-state index contributed by atoms with van der Waals surface area (Å²) in [5, 5.41) is 0. The summed E-state index contributed by atoms with van der Waals surface area (Å²) < 4.78 is 36.5. The van der Waals surface area contributed by atoms with Crippen LogP contribution < -0.4 is 0 Å². The zero-order chi connectivity index (χ0) is 18.2. The van der Waals surface area contributed by atoms with Gasteiger partial charge < -0.3 is 4.98 Å². The number of halogens is 1. The number of imidazole rings is 1. The number of nitrogens with zero attached hydrogens (tertiary/aromatic N) is 1. The molecule has 0 saturated carbocycles. The third-order valence-electron chi connectivity index (χ3n) is 3.96. The molecular formula is C19H19FN2O2S. The van der Waals surface area contributed by atoms with Gasteiger partial charge in [-0.3, -0.25) is 0 Å². The Morgan fingerprint density at radius 1 is 0.960 bits per heavy atom. The highest BCUT2D eigenvalue weighted by Crippen LogP contribution is 2.32. The molecule has 0 spiro atoms. The number of benzene rings is 2. The molecule has 0 radical (unpaired) electrons. The molecule has 0 atom stereocenters. The van der Waals surface area contributed by atoms with Crippen LogP contribution in [0.25, 0.3) is 22.5 Å². The smallest absolute Gasteiger partial charge is 0.175 e. The van der Waals surface area contributed by atoms with Crippen molar-refractivity contribution in [2.24, 2.45) is 0 Å². The van der Waals surface area contributed by atoms with Gasteiger partial charge in [0, 0.05) is 23.3 Å². The molecule has 0 unspecified atom stereocenters.